The summed E-state index contributed by atoms with van der Waals surface area (Å²) in [5.74, 6) is 7.38. The summed E-state index contributed by atoms with van der Waals surface area (Å²) in [5.41, 5.74) is 4.17. The molecule has 0 radical (unpaired) electrons. The second kappa shape index (κ2) is 11.3. The van der Waals surface area contributed by atoms with E-state index in [1.54, 1.807) is 7.11 Å². The van der Waals surface area contributed by atoms with Gasteiger partial charge in [-0.25, -0.2) is 0 Å². The normalized spacial score (nSPS) is 26.7. The zero-order chi connectivity index (χ0) is 30.4. The van der Waals surface area contributed by atoms with Crippen molar-refractivity contribution in [1.29, 1.82) is 0 Å². The summed E-state index contributed by atoms with van der Waals surface area (Å²) in [6.07, 6.45) is 3.06. The molecule has 4 aliphatic rings. The van der Waals surface area contributed by atoms with Crippen LogP contribution < -0.4 is 9.47 Å². The fraction of sp³-hybridized carbons (Fsp3) is 0.405. The van der Waals surface area contributed by atoms with Gasteiger partial charge in [0.25, 0.3) is 5.91 Å². The molecule has 2 fully saturated rings. The molecule has 0 N–H and O–H groups in total. The molecule has 2 aliphatic heterocycles. The van der Waals surface area contributed by atoms with Crippen LogP contribution in [-0.2, 0) is 26.2 Å². The van der Waals surface area contributed by atoms with Crippen molar-refractivity contribution in [2.45, 2.75) is 62.3 Å². The van der Waals surface area contributed by atoms with Gasteiger partial charge in [0.2, 0.25) is 0 Å². The van der Waals surface area contributed by atoms with E-state index in [0.717, 1.165) is 54.9 Å². The van der Waals surface area contributed by atoms with Gasteiger partial charge in [-0.15, -0.1) is 0 Å². The largest absolute Gasteiger partial charge is 0.493 e. The van der Waals surface area contributed by atoms with Crippen LogP contribution in [0.4, 0.5) is 0 Å². The molecule has 2 heterocycles. The number of nitrogens with zero attached hydrogens (tertiary/aromatic N) is 2. The lowest BCUT2D eigenvalue weighted by atomic mass is 9.51. The third kappa shape index (κ3) is 4.64. The minimum absolute atomic E-state index is 0.114. The minimum atomic E-state index is -0.338. The molecule has 226 valence electrons. The number of hydrogen-bond acceptors (Lipinski definition) is 6. The Bertz CT molecular complexity index is 1630. The Morgan fingerprint density at radius 1 is 1.07 bits per heavy atom. The van der Waals surface area contributed by atoms with Crippen LogP contribution >= 0.6 is 0 Å². The van der Waals surface area contributed by atoms with Crippen molar-refractivity contribution in [2.24, 2.45) is 5.92 Å². The van der Waals surface area contributed by atoms with Crippen molar-refractivity contribution in [1.82, 2.24) is 9.80 Å². The van der Waals surface area contributed by atoms with Gasteiger partial charge in [0.05, 0.1) is 13.2 Å². The fourth-order valence-electron chi connectivity index (χ4n) is 8.55. The van der Waals surface area contributed by atoms with Crippen molar-refractivity contribution in [2.75, 3.05) is 27.2 Å². The van der Waals surface area contributed by atoms with Crippen molar-refractivity contribution in [3.05, 3.63) is 95.1 Å². The molecule has 3 aromatic carbocycles. The van der Waals surface area contributed by atoms with E-state index in [-0.39, 0.29) is 41.6 Å². The highest BCUT2D eigenvalue weighted by Crippen LogP contribution is 2.64. The average Bonchev–Trinajstić information content (AvgIpc) is 3.39. The number of carbonyl (C=O) groups excluding carboxylic acids is 2. The molecule has 1 unspecified atom stereocenters. The first-order valence-electron chi connectivity index (χ1n) is 15.6. The summed E-state index contributed by atoms with van der Waals surface area (Å²) in [5, 5.41) is 0. The second-order valence-electron chi connectivity index (χ2n) is 12.5. The summed E-state index contributed by atoms with van der Waals surface area (Å²) >= 11 is 0. The Morgan fingerprint density at radius 2 is 1.82 bits per heavy atom. The van der Waals surface area contributed by atoms with Crippen LogP contribution in [0.3, 0.4) is 0 Å². The van der Waals surface area contributed by atoms with Gasteiger partial charge < -0.3 is 19.1 Å². The minimum Gasteiger partial charge on any atom is -0.493 e. The van der Waals surface area contributed by atoms with E-state index in [9.17, 15) is 9.59 Å². The highest BCUT2D eigenvalue weighted by molar-refractivity contribution is 5.94. The van der Waals surface area contributed by atoms with Crippen molar-refractivity contribution in [3.63, 3.8) is 0 Å². The maximum atomic E-state index is 13.5. The summed E-state index contributed by atoms with van der Waals surface area (Å²) in [6.45, 7) is 2.97. The number of hydrogen-bond donors (Lipinski definition) is 0. The number of likely N-dealkylation sites (N-methyl/N-ethyl adjacent to an activating group) is 1. The quantitative estimate of drug-likeness (QED) is 0.300. The first-order chi connectivity index (χ1) is 21.4. The SMILES string of the molecule is COc1ccc2c3c1O[C@H]1[C@@H](N(C)C(=O)C#Cc4ccccc4)CC[C@H]4[C@@H](C2)N(CC(OC(C)=O)c2ccccc2)CC[C@@]341. The molecule has 7 heteroatoms. The molecule has 1 spiro atoms. The molecule has 1 saturated heterocycles. The molecule has 3 aromatic rings. The topological polar surface area (TPSA) is 68.3 Å². The Hall–Kier alpha value is -4.28. The summed E-state index contributed by atoms with van der Waals surface area (Å²) < 4.78 is 18.6. The van der Waals surface area contributed by atoms with E-state index in [1.165, 1.54) is 18.1 Å². The van der Waals surface area contributed by atoms with E-state index in [4.69, 9.17) is 14.2 Å². The van der Waals surface area contributed by atoms with E-state index < -0.39 is 0 Å². The predicted octanol–water partition coefficient (Wildman–Crippen LogP) is 4.92. The number of piperidine rings is 1. The molecule has 7 nitrogen and oxygen atoms in total. The number of methoxy groups -OCH3 is 1. The molecule has 0 aromatic heterocycles. The van der Waals surface area contributed by atoms with Crippen molar-refractivity contribution >= 4 is 11.9 Å². The molecule has 44 heavy (non-hydrogen) atoms. The number of likely N-dealkylation sites (tertiary alicyclic amines) is 1. The number of esters is 1. The van der Waals surface area contributed by atoms with Gasteiger partial charge in [0.15, 0.2) is 11.5 Å². The van der Waals surface area contributed by atoms with E-state index in [1.807, 2.05) is 78.7 Å². The summed E-state index contributed by atoms with van der Waals surface area (Å²) in [7, 11) is 3.56. The van der Waals surface area contributed by atoms with E-state index >= 15 is 0 Å². The first kappa shape index (κ1) is 28.5. The van der Waals surface area contributed by atoms with Crippen LogP contribution in [0.15, 0.2) is 72.8 Å². The second-order valence-corrected chi connectivity index (χ2v) is 12.5. The maximum Gasteiger partial charge on any atom is 0.303 e. The van der Waals surface area contributed by atoms with Gasteiger partial charge in [-0.05, 0) is 67.5 Å². The summed E-state index contributed by atoms with van der Waals surface area (Å²) in [6, 6.07) is 24.0. The monoisotopic (exact) mass is 590 g/mol. The van der Waals surface area contributed by atoms with E-state index in [0.29, 0.717) is 12.5 Å². The molecular weight excluding hydrogens is 552 g/mol. The van der Waals surface area contributed by atoms with Crippen LogP contribution in [0, 0.1) is 17.8 Å². The van der Waals surface area contributed by atoms with Gasteiger partial charge >= 0.3 is 5.97 Å². The van der Waals surface area contributed by atoms with Gasteiger partial charge in [0.1, 0.15) is 12.2 Å². The zero-order valence-electron chi connectivity index (χ0n) is 25.5. The Labute approximate surface area is 259 Å². The molecule has 2 bridgehead atoms. The third-order valence-corrected chi connectivity index (χ3v) is 10.4. The lowest BCUT2D eigenvalue weighted by Crippen LogP contribution is -2.69. The van der Waals surface area contributed by atoms with Crippen LogP contribution in [0.25, 0.3) is 0 Å². The third-order valence-electron chi connectivity index (χ3n) is 10.4. The van der Waals surface area contributed by atoms with Gasteiger partial charge in [-0.1, -0.05) is 60.5 Å². The summed E-state index contributed by atoms with van der Waals surface area (Å²) in [4.78, 5) is 30.0. The van der Waals surface area contributed by atoms with Crippen LogP contribution in [0.2, 0.25) is 0 Å². The number of amides is 1. The average molecular weight is 591 g/mol. The van der Waals surface area contributed by atoms with Crippen LogP contribution in [0.1, 0.15) is 54.5 Å². The molecule has 1 saturated carbocycles. The Kier molecular flexibility index (Phi) is 7.34. The number of rotatable bonds is 6. The molecular formula is C37H38N2O5. The highest BCUT2D eigenvalue weighted by atomic mass is 16.5. The number of ether oxygens (including phenoxy) is 3. The molecule has 6 atom stereocenters. The predicted molar refractivity (Wildman–Crippen MR) is 166 cm³/mol. The highest BCUT2D eigenvalue weighted by Gasteiger charge is 2.66. The van der Waals surface area contributed by atoms with Crippen LogP contribution in [0.5, 0.6) is 11.5 Å². The van der Waals surface area contributed by atoms with Gasteiger partial charge in [0, 0.05) is 49.0 Å². The first-order valence-corrected chi connectivity index (χ1v) is 15.6. The standard InChI is InChI=1S/C37H38N2O5/c1-24(40)43-32(26-12-8-5-9-13-26)23-39-21-20-37-28-16-17-29(38(2)33(41)19-14-25-10-6-4-7-11-25)36(37)44-35-31(42-3)18-15-27(34(35)37)22-30(28)39/h4-13,15,18,28-30,32,36H,16-17,20-23H2,1-3H3/t28-,29-,30+,32?,36-,37-/m0/s1. The zero-order valence-corrected chi connectivity index (χ0v) is 25.5. The van der Waals surface area contributed by atoms with Gasteiger partial charge in [-0.2, -0.15) is 0 Å². The van der Waals surface area contributed by atoms with E-state index in [2.05, 4.69) is 22.8 Å². The lowest BCUT2D eigenvalue weighted by Gasteiger charge is -2.60. The molecule has 2 aliphatic carbocycles. The molecule has 7 rings (SSSR count). The maximum absolute atomic E-state index is 13.5. The van der Waals surface area contributed by atoms with Crippen LogP contribution in [-0.4, -0.2) is 67.1 Å². The molecule has 1 amide bonds. The van der Waals surface area contributed by atoms with Crippen molar-refractivity contribution in [3.8, 4) is 23.3 Å². The van der Waals surface area contributed by atoms with Crippen molar-refractivity contribution < 1.29 is 23.8 Å². The number of benzene rings is 3. The lowest BCUT2D eigenvalue weighted by molar-refractivity contribution is -0.150. The fourth-order valence-corrected chi connectivity index (χ4v) is 8.55. The van der Waals surface area contributed by atoms with Gasteiger partial charge in [-0.3, -0.25) is 14.5 Å². The smallest absolute Gasteiger partial charge is 0.303 e. The number of carbonyl (C=O) groups is 2. The Morgan fingerprint density at radius 3 is 2.55 bits per heavy atom. The Balaban J connectivity index is 1.22.